The van der Waals surface area contributed by atoms with Crippen LogP contribution in [0, 0.1) is 0 Å². The summed E-state index contributed by atoms with van der Waals surface area (Å²) in [4.78, 5) is 0. The van der Waals surface area contributed by atoms with Crippen molar-refractivity contribution in [2.24, 2.45) is 0 Å². The van der Waals surface area contributed by atoms with Crippen molar-refractivity contribution in [2.75, 3.05) is 0 Å². The van der Waals surface area contributed by atoms with E-state index in [4.69, 9.17) is 17.5 Å². The summed E-state index contributed by atoms with van der Waals surface area (Å²) in [5.41, 5.74) is 0. The Morgan fingerprint density at radius 2 is 1.14 bits per heavy atom. The van der Waals surface area contributed by atoms with E-state index in [1.165, 1.54) is 0 Å². The molecule has 0 aliphatic heterocycles. The molecule has 7 heavy (non-hydrogen) atoms. The molecular weight excluding hydrogens is 234 g/mol. The van der Waals surface area contributed by atoms with E-state index in [0.29, 0.717) is 0 Å². The van der Waals surface area contributed by atoms with Gasteiger partial charge in [-0.05, 0) is 0 Å². The van der Waals surface area contributed by atoms with E-state index in [2.05, 4.69) is 0 Å². The molecule has 0 radical (unpaired) electrons. The summed E-state index contributed by atoms with van der Waals surface area (Å²) in [7, 11) is -5.17. The van der Waals surface area contributed by atoms with Gasteiger partial charge >= 0.3 is 37.1 Å². The quantitative estimate of drug-likeness (QED) is 0.259. The molecule has 7 heteroatoms. The Hall–Kier alpha value is 1.04. The van der Waals surface area contributed by atoms with Crippen molar-refractivity contribution in [3.8, 4) is 0 Å². The molecule has 0 amide bonds. The van der Waals surface area contributed by atoms with Gasteiger partial charge in [-0.2, -0.15) is 0 Å². The molecule has 0 aliphatic carbocycles. The SMILES string of the molecule is O=S(=O)([O-])[O-].[GeH4].[Zn+2]. The maximum absolute atomic E-state index is 8.52. The first-order valence-corrected chi connectivity index (χ1v) is 2.00. The van der Waals surface area contributed by atoms with Gasteiger partial charge in [0.15, 0.2) is 0 Å². The standard InChI is InChI=1S/GeH4.H2O4S.Zn/c;1-5(2,3)4;/h1H4;(H2,1,2,3,4);/q;;+2/p-2. The van der Waals surface area contributed by atoms with Gasteiger partial charge in [0.25, 0.3) is 0 Å². The van der Waals surface area contributed by atoms with Crippen molar-refractivity contribution in [2.45, 2.75) is 0 Å². The summed E-state index contributed by atoms with van der Waals surface area (Å²) in [6, 6.07) is 0. The summed E-state index contributed by atoms with van der Waals surface area (Å²) in [6.07, 6.45) is 0. The minimum Gasteiger partial charge on any atom is 2.00 e. The van der Waals surface area contributed by atoms with Gasteiger partial charge in [-0.25, -0.2) is 0 Å². The van der Waals surface area contributed by atoms with Crippen LogP contribution in [0.2, 0.25) is 0 Å². The maximum atomic E-state index is 8.52. The van der Waals surface area contributed by atoms with Crippen molar-refractivity contribution in [1.29, 1.82) is 0 Å². The third-order valence-corrected chi connectivity index (χ3v) is 0. The van der Waals surface area contributed by atoms with Gasteiger partial charge in [0.1, 0.15) is 0 Å². The first kappa shape index (κ1) is 15.7. The molecule has 0 unspecified atom stereocenters. The molecule has 0 spiro atoms. The zero-order valence-electron chi connectivity index (χ0n) is 2.75. The molecule has 0 heterocycles. The minimum absolute atomic E-state index is 0. The first-order chi connectivity index (χ1) is 2.00. The Kier molecular flexibility index (Phi) is 11.6. The Morgan fingerprint density at radius 3 is 1.14 bits per heavy atom. The Labute approximate surface area is 65.0 Å². The van der Waals surface area contributed by atoms with Crippen molar-refractivity contribution < 1.29 is 37.0 Å². The van der Waals surface area contributed by atoms with E-state index in [9.17, 15) is 0 Å². The van der Waals surface area contributed by atoms with Gasteiger partial charge < -0.3 is 9.11 Å². The summed E-state index contributed by atoms with van der Waals surface area (Å²) in [6.45, 7) is 0. The molecule has 0 aromatic carbocycles. The fraction of sp³-hybridized carbons (Fsp3) is 0. The molecule has 0 bridgehead atoms. The average molecular weight is 238 g/mol. The third-order valence-electron chi connectivity index (χ3n) is 0. The summed E-state index contributed by atoms with van der Waals surface area (Å²) < 4.78 is 34.1. The first-order valence-electron chi connectivity index (χ1n) is 0.667. The Bertz CT molecular complexity index is 94.9. The summed E-state index contributed by atoms with van der Waals surface area (Å²) in [5.74, 6) is 0. The van der Waals surface area contributed by atoms with E-state index in [1.807, 2.05) is 0 Å². The van der Waals surface area contributed by atoms with Crippen molar-refractivity contribution in [3.63, 3.8) is 0 Å². The zero-order chi connectivity index (χ0) is 4.50. The molecule has 0 atom stereocenters. The normalized spacial score (nSPS) is 8.29. The molecular formula is H4GeO4SZn. The topological polar surface area (TPSA) is 80.3 Å². The molecule has 0 saturated carbocycles. The molecule has 0 aliphatic rings. The monoisotopic (exact) mass is 238 g/mol. The van der Waals surface area contributed by atoms with E-state index < -0.39 is 10.4 Å². The summed E-state index contributed by atoms with van der Waals surface area (Å²) in [5, 5.41) is 0. The van der Waals surface area contributed by atoms with Crippen LogP contribution in [-0.4, -0.2) is 35.1 Å². The maximum Gasteiger partial charge on any atom is 2.00 e. The van der Waals surface area contributed by atoms with E-state index in [0.717, 1.165) is 0 Å². The minimum atomic E-state index is -5.17. The van der Waals surface area contributed by atoms with E-state index >= 15 is 0 Å². The fourth-order valence-electron chi connectivity index (χ4n) is 0. The Morgan fingerprint density at radius 1 is 1.14 bits per heavy atom. The molecule has 4 nitrogen and oxygen atoms in total. The van der Waals surface area contributed by atoms with Gasteiger partial charge in [-0.1, -0.05) is 0 Å². The van der Waals surface area contributed by atoms with Gasteiger partial charge in [0.2, 0.25) is 0 Å². The largest absolute Gasteiger partial charge is 2.00 e. The van der Waals surface area contributed by atoms with E-state index in [-0.39, 0.29) is 37.1 Å². The number of rotatable bonds is 0. The van der Waals surface area contributed by atoms with Gasteiger partial charge in [0, 0.05) is 10.4 Å². The molecule has 0 N–H and O–H groups in total. The van der Waals surface area contributed by atoms with Crippen LogP contribution in [0.3, 0.4) is 0 Å². The van der Waals surface area contributed by atoms with Gasteiger partial charge in [-0.3, -0.25) is 8.42 Å². The number of hydrogen-bond acceptors (Lipinski definition) is 4. The third kappa shape index (κ3) is 166. The molecule has 0 aromatic heterocycles. The smallest absolute Gasteiger partial charge is 2.00 e. The van der Waals surface area contributed by atoms with Crippen molar-refractivity contribution in [3.05, 3.63) is 0 Å². The van der Waals surface area contributed by atoms with Crippen LogP contribution in [0.5, 0.6) is 0 Å². The van der Waals surface area contributed by atoms with Crippen LogP contribution in [0.1, 0.15) is 0 Å². The second kappa shape index (κ2) is 5.18. The molecule has 0 rings (SSSR count). The molecule has 40 valence electrons. The summed E-state index contributed by atoms with van der Waals surface area (Å²) >= 11 is 0. The Balaban J connectivity index is -0.0000000800. The van der Waals surface area contributed by atoms with Crippen LogP contribution in [0.25, 0.3) is 0 Å². The van der Waals surface area contributed by atoms with Crippen LogP contribution < -0.4 is 0 Å². The fourth-order valence-corrected chi connectivity index (χ4v) is 0. The predicted octanol–water partition coefficient (Wildman–Crippen LogP) is -2.79. The molecule has 0 saturated heterocycles. The van der Waals surface area contributed by atoms with Crippen LogP contribution in [0.4, 0.5) is 0 Å². The second-order valence-electron chi connectivity index (χ2n) is 0.408. The van der Waals surface area contributed by atoms with Crippen LogP contribution in [-0.2, 0) is 29.9 Å². The number of hydrogen-bond donors (Lipinski definition) is 0. The predicted molar refractivity (Wildman–Crippen MR) is 21.8 cm³/mol. The molecule has 0 fully saturated rings. The average Bonchev–Trinajstić information content (AvgIpc) is 0.722. The van der Waals surface area contributed by atoms with E-state index in [1.54, 1.807) is 0 Å². The van der Waals surface area contributed by atoms with Crippen molar-refractivity contribution in [1.82, 2.24) is 0 Å². The van der Waals surface area contributed by atoms with Gasteiger partial charge in [0.05, 0.1) is 0 Å². The zero-order valence-corrected chi connectivity index (χ0v) is 6.53. The van der Waals surface area contributed by atoms with Crippen molar-refractivity contribution >= 4 is 28.0 Å². The van der Waals surface area contributed by atoms with Crippen LogP contribution in [0.15, 0.2) is 0 Å². The van der Waals surface area contributed by atoms with Gasteiger partial charge in [-0.15, -0.1) is 0 Å². The van der Waals surface area contributed by atoms with Crippen LogP contribution >= 0.6 is 0 Å². The second-order valence-corrected chi connectivity index (χ2v) is 1.22. The molecule has 0 aromatic rings.